The maximum atomic E-state index is 13.6. The van der Waals surface area contributed by atoms with Crippen molar-refractivity contribution >= 4 is 0 Å². The summed E-state index contributed by atoms with van der Waals surface area (Å²) in [6, 6.07) is 2.39. The quantitative estimate of drug-likeness (QED) is 0.879. The van der Waals surface area contributed by atoms with Crippen LogP contribution in [0.3, 0.4) is 0 Å². The summed E-state index contributed by atoms with van der Waals surface area (Å²) in [5.41, 5.74) is 5.43. The highest BCUT2D eigenvalue weighted by Gasteiger charge is 2.23. The zero-order valence-electron chi connectivity index (χ0n) is 11.3. The molecular formula is C13H20F2N2O. The molecule has 0 aliphatic rings. The monoisotopic (exact) mass is 258 g/mol. The van der Waals surface area contributed by atoms with Crippen molar-refractivity contribution in [2.75, 3.05) is 20.7 Å². The third-order valence-corrected chi connectivity index (χ3v) is 3.07. The zero-order chi connectivity index (χ0) is 13.9. The molecule has 0 aliphatic heterocycles. The van der Waals surface area contributed by atoms with Crippen molar-refractivity contribution < 1.29 is 13.5 Å². The van der Waals surface area contributed by atoms with Gasteiger partial charge in [-0.25, -0.2) is 8.78 Å². The van der Waals surface area contributed by atoms with Gasteiger partial charge < -0.3 is 15.4 Å². The van der Waals surface area contributed by atoms with E-state index in [1.807, 2.05) is 32.8 Å². The predicted molar refractivity (Wildman–Crippen MR) is 67.5 cm³/mol. The third kappa shape index (κ3) is 3.40. The van der Waals surface area contributed by atoms with Gasteiger partial charge in [-0.1, -0.05) is 0 Å². The second kappa shape index (κ2) is 5.63. The molecule has 0 bridgehead atoms. The van der Waals surface area contributed by atoms with Crippen molar-refractivity contribution in [2.45, 2.75) is 25.9 Å². The van der Waals surface area contributed by atoms with E-state index in [0.29, 0.717) is 5.56 Å². The molecule has 0 unspecified atom stereocenters. The van der Waals surface area contributed by atoms with E-state index in [-0.39, 0.29) is 24.4 Å². The lowest BCUT2D eigenvalue weighted by Crippen LogP contribution is -2.43. The maximum Gasteiger partial charge on any atom is 0.190 e. The molecule has 18 heavy (non-hydrogen) atoms. The summed E-state index contributed by atoms with van der Waals surface area (Å²) in [5, 5.41) is 0. The number of hydrogen-bond acceptors (Lipinski definition) is 3. The Kier molecular flexibility index (Phi) is 4.65. The Morgan fingerprint density at radius 3 is 2.11 bits per heavy atom. The summed E-state index contributed by atoms with van der Waals surface area (Å²) in [5.74, 6) is -1.78. The van der Waals surface area contributed by atoms with Gasteiger partial charge in [0.25, 0.3) is 0 Å². The van der Waals surface area contributed by atoms with Gasteiger partial charge in [0.2, 0.25) is 0 Å². The fourth-order valence-corrected chi connectivity index (χ4v) is 1.25. The Bertz CT molecular complexity index is 396. The molecule has 3 nitrogen and oxygen atoms in total. The number of ether oxygens (including phenoxy) is 1. The summed E-state index contributed by atoms with van der Waals surface area (Å²) in [6.07, 6.45) is 0. The Morgan fingerprint density at radius 2 is 1.72 bits per heavy atom. The van der Waals surface area contributed by atoms with Gasteiger partial charge in [-0.2, -0.15) is 0 Å². The van der Waals surface area contributed by atoms with Crippen LogP contribution in [0.25, 0.3) is 0 Å². The number of likely N-dealkylation sites (N-methyl/N-ethyl adjacent to an activating group) is 1. The summed E-state index contributed by atoms with van der Waals surface area (Å²) in [6.45, 7) is 4.14. The minimum absolute atomic E-state index is 0.0946. The highest BCUT2D eigenvalue weighted by Crippen LogP contribution is 2.24. The van der Waals surface area contributed by atoms with Crippen LogP contribution in [-0.2, 0) is 6.54 Å². The van der Waals surface area contributed by atoms with Crippen molar-refractivity contribution in [1.82, 2.24) is 4.90 Å². The number of nitrogens with two attached hydrogens (primary N) is 1. The van der Waals surface area contributed by atoms with Gasteiger partial charge in [-0.3, -0.25) is 0 Å². The molecule has 0 saturated carbocycles. The molecule has 0 heterocycles. The van der Waals surface area contributed by atoms with Crippen LogP contribution in [0.1, 0.15) is 19.4 Å². The first-order valence-corrected chi connectivity index (χ1v) is 5.76. The van der Waals surface area contributed by atoms with Gasteiger partial charge in [0, 0.05) is 12.1 Å². The van der Waals surface area contributed by atoms with E-state index in [1.165, 1.54) is 12.1 Å². The third-order valence-electron chi connectivity index (χ3n) is 3.07. The van der Waals surface area contributed by atoms with Crippen molar-refractivity contribution in [1.29, 1.82) is 0 Å². The minimum Gasteiger partial charge on any atom is -0.486 e. The number of benzene rings is 1. The largest absolute Gasteiger partial charge is 0.486 e. The van der Waals surface area contributed by atoms with Gasteiger partial charge in [-0.15, -0.1) is 0 Å². The lowest BCUT2D eigenvalue weighted by atomic mass is 10.1. The molecule has 0 fully saturated rings. The molecule has 1 aromatic rings. The molecule has 1 rings (SSSR count). The van der Waals surface area contributed by atoms with Gasteiger partial charge in [0.1, 0.15) is 6.61 Å². The lowest BCUT2D eigenvalue weighted by molar-refractivity contribution is 0.108. The molecule has 1 aromatic carbocycles. The van der Waals surface area contributed by atoms with E-state index < -0.39 is 11.6 Å². The summed E-state index contributed by atoms with van der Waals surface area (Å²) < 4.78 is 32.5. The van der Waals surface area contributed by atoms with E-state index in [9.17, 15) is 8.78 Å². The molecule has 102 valence electrons. The highest BCUT2D eigenvalue weighted by atomic mass is 19.1. The fourth-order valence-electron chi connectivity index (χ4n) is 1.25. The Labute approximate surface area is 107 Å². The van der Waals surface area contributed by atoms with Crippen LogP contribution in [0.2, 0.25) is 0 Å². The molecule has 0 radical (unpaired) electrons. The fraction of sp³-hybridized carbons (Fsp3) is 0.538. The maximum absolute atomic E-state index is 13.6. The van der Waals surface area contributed by atoms with Gasteiger partial charge >= 0.3 is 0 Å². The van der Waals surface area contributed by atoms with Crippen LogP contribution in [0.4, 0.5) is 8.78 Å². The standard InChI is InChI=1S/C13H20F2N2O/c1-13(2,17(3)4)8-18-12-10(14)5-9(7-16)6-11(12)15/h5-6H,7-8,16H2,1-4H3. The molecule has 0 amide bonds. The van der Waals surface area contributed by atoms with Crippen molar-refractivity contribution in [2.24, 2.45) is 5.73 Å². The molecule has 0 spiro atoms. The first-order valence-electron chi connectivity index (χ1n) is 5.76. The van der Waals surface area contributed by atoms with Crippen LogP contribution in [0.5, 0.6) is 5.75 Å². The molecule has 0 atom stereocenters. The van der Waals surface area contributed by atoms with Crippen LogP contribution in [0, 0.1) is 11.6 Å². The molecule has 0 aromatic heterocycles. The first kappa shape index (κ1) is 14.9. The normalized spacial score (nSPS) is 12.0. The molecule has 0 aliphatic carbocycles. The molecule has 2 N–H and O–H groups in total. The van der Waals surface area contributed by atoms with Crippen molar-refractivity contribution in [3.05, 3.63) is 29.3 Å². The van der Waals surface area contributed by atoms with E-state index in [2.05, 4.69) is 0 Å². The van der Waals surface area contributed by atoms with E-state index in [4.69, 9.17) is 10.5 Å². The number of hydrogen-bond donors (Lipinski definition) is 1. The highest BCUT2D eigenvalue weighted by molar-refractivity contribution is 5.31. The second-order valence-electron chi connectivity index (χ2n) is 5.09. The van der Waals surface area contributed by atoms with Gasteiger partial charge in [0.05, 0.1) is 0 Å². The van der Waals surface area contributed by atoms with Crippen LogP contribution in [0.15, 0.2) is 12.1 Å². The lowest BCUT2D eigenvalue weighted by Gasteiger charge is -2.32. The number of nitrogens with zero attached hydrogens (tertiary/aromatic N) is 1. The van der Waals surface area contributed by atoms with Crippen LogP contribution < -0.4 is 10.5 Å². The Hall–Kier alpha value is -1.20. The smallest absolute Gasteiger partial charge is 0.190 e. The van der Waals surface area contributed by atoms with E-state index in [0.717, 1.165) is 0 Å². The summed E-state index contributed by atoms with van der Waals surface area (Å²) >= 11 is 0. The Morgan fingerprint density at radius 1 is 1.22 bits per heavy atom. The van der Waals surface area contributed by atoms with Gasteiger partial charge in [-0.05, 0) is 45.6 Å². The number of halogens is 2. The predicted octanol–water partition coefficient (Wildman–Crippen LogP) is 2.14. The second-order valence-corrected chi connectivity index (χ2v) is 5.09. The molecule has 0 saturated heterocycles. The van der Waals surface area contributed by atoms with Crippen molar-refractivity contribution in [3.63, 3.8) is 0 Å². The molecular weight excluding hydrogens is 238 g/mol. The van der Waals surface area contributed by atoms with Gasteiger partial charge in [0.15, 0.2) is 17.4 Å². The van der Waals surface area contributed by atoms with Crippen LogP contribution >= 0.6 is 0 Å². The average Bonchev–Trinajstić information content (AvgIpc) is 2.27. The number of rotatable bonds is 5. The SMILES string of the molecule is CN(C)C(C)(C)COc1c(F)cc(CN)cc1F. The summed E-state index contributed by atoms with van der Waals surface area (Å²) in [7, 11) is 3.77. The first-order chi connectivity index (χ1) is 8.27. The summed E-state index contributed by atoms with van der Waals surface area (Å²) in [4.78, 5) is 1.93. The average molecular weight is 258 g/mol. The molecule has 5 heteroatoms. The topological polar surface area (TPSA) is 38.5 Å². The minimum atomic E-state index is -0.718. The van der Waals surface area contributed by atoms with Crippen LogP contribution in [-0.4, -0.2) is 31.1 Å². The van der Waals surface area contributed by atoms with E-state index in [1.54, 1.807) is 0 Å². The Balaban J connectivity index is 2.86. The zero-order valence-corrected chi connectivity index (χ0v) is 11.3. The van der Waals surface area contributed by atoms with E-state index >= 15 is 0 Å². The van der Waals surface area contributed by atoms with Crippen molar-refractivity contribution in [3.8, 4) is 5.75 Å².